The number of rotatable bonds is 8. The van der Waals surface area contributed by atoms with Gasteiger partial charge in [0.2, 0.25) is 5.95 Å². The molecule has 0 aliphatic rings. The van der Waals surface area contributed by atoms with E-state index in [0.29, 0.717) is 17.6 Å². The van der Waals surface area contributed by atoms with E-state index >= 15 is 0 Å². The molecule has 0 spiro atoms. The molecule has 5 heteroatoms. The second-order valence-corrected chi connectivity index (χ2v) is 17.2. The van der Waals surface area contributed by atoms with E-state index in [4.69, 9.17) is 15.0 Å². The monoisotopic (exact) mass is 867 g/mol. The van der Waals surface area contributed by atoms with Crippen molar-refractivity contribution in [2.24, 2.45) is 0 Å². The van der Waals surface area contributed by atoms with Crippen LogP contribution in [0.5, 0.6) is 0 Å². The number of hydrogen-bond donors (Lipinski definition) is 0. The summed E-state index contributed by atoms with van der Waals surface area (Å²) in [5, 5.41) is 4.51. The average molecular weight is 868 g/mol. The zero-order valence-electron chi connectivity index (χ0n) is 36.9. The number of hydrogen-bond acceptors (Lipinski definition) is 3. The lowest BCUT2D eigenvalue weighted by Crippen LogP contribution is -2.06. The summed E-state index contributed by atoms with van der Waals surface area (Å²) in [6, 6.07) is 88.3. The van der Waals surface area contributed by atoms with Crippen LogP contribution in [-0.2, 0) is 0 Å². The first-order valence-electron chi connectivity index (χ1n) is 23.0. The van der Waals surface area contributed by atoms with Gasteiger partial charge in [-0.2, -0.15) is 9.97 Å². The van der Waals surface area contributed by atoms with Gasteiger partial charge in [0.1, 0.15) is 0 Å². The Balaban J connectivity index is 1.11. The number of fused-ring (bicyclic) bond motifs is 7. The van der Waals surface area contributed by atoms with Gasteiger partial charge in [0.15, 0.2) is 11.6 Å². The Morgan fingerprint density at radius 1 is 0.265 bits per heavy atom. The molecule has 68 heavy (non-hydrogen) atoms. The predicted molar refractivity (Wildman–Crippen MR) is 281 cm³/mol. The maximum atomic E-state index is 5.42. The summed E-state index contributed by atoms with van der Waals surface area (Å²) in [6.45, 7) is 0. The Bertz CT molecular complexity index is 4010. The zero-order chi connectivity index (χ0) is 45.0. The molecule has 3 heterocycles. The molecule has 0 radical (unpaired) electrons. The highest BCUT2D eigenvalue weighted by molar-refractivity contribution is 6.26. The van der Waals surface area contributed by atoms with Crippen molar-refractivity contribution in [3.05, 3.63) is 249 Å². The summed E-state index contributed by atoms with van der Waals surface area (Å²) >= 11 is 0. The first kappa shape index (κ1) is 39.2. The molecule has 0 N–H and O–H groups in total. The summed E-state index contributed by atoms with van der Waals surface area (Å²) in [5.74, 6) is 1.77. The third-order valence-corrected chi connectivity index (χ3v) is 13.2. The fraction of sp³-hybridized carbons (Fsp3) is 0. The Kier molecular flexibility index (Phi) is 9.43. The van der Waals surface area contributed by atoms with Crippen molar-refractivity contribution >= 4 is 43.6 Å². The normalized spacial score (nSPS) is 11.5. The average Bonchev–Trinajstić information content (AvgIpc) is 3.95. The van der Waals surface area contributed by atoms with Crippen LogP contribution in [0, 0.1) is 0 Å². The lowest BCUT2D eigenvalue weighted by atomic mass is 9.95. The topological polar surface area (TPSA) is 48.5 Å². The van der Waals surface area contributed by atoms with Gasteiger partial charge in [-0.15, -0.1) is 0 Å². The first-order valence-corrected chi connectivity index (χ1v) is 23.0. The quantitative estimate of drug-likeness (QED) is 0.153. The Hall–Kier alpha value is -9.19. The molecular formula is C63H41N5. The van der Waals surface area contributed by atoms with Gasteiger partial charge in [0.05, 0.1) is 27.8 Å². The molecule has 0 fully saturated rings. The maximum absolute atomic E-state index is 5.42. The van der Waals surface area contributed by atoms with Crippen LogP contribution in [0.3, 0.4) is 0 Å². The Morgan fingerprint density at radius 2 is 0.735 bits per heavy atom. The molecule has 0 unspecified atom stereocenters. The molecule has 318 valence electrons. The second-order valence-electron chi connectivity index (χ2n) is 17.2. The van der Waals surface area contributed by atoms with E-state index in [1.54, 1.807) is 0 Å². The molecule has 0 bridgehead atoms. The van der Waals surface area contributed by atoms with Gasteiger partial charge < -0.3 is 4.57 Å². The van der Waals surface area contributed by atoms with Gasteiger partial charge in [0.25, 0.3) is 0 Å². The van der Waals surface area contributed by atoms with Crippen LogP contribution in [0.15, 0.2) is 249 Å². The first-order chi connectivity index (χ1) is 33.7. The molecule has 13 aromatic rings. The van der Waals surface area contributed by atoms with Crippen LogP contribution in [0.2, 0.25) is 0 Å². The van der Waals surface area contributed by atoms with Crippen molar-refractivity contribution < 1.29 is 0 Å². The van der Waals surface area contributed by atoms with E-state index in [1.807, 2.05) is 24.3 Å². The molecule has 13 rings (SSSR count). The van der Waals surface area contributed by atoms with Crippen LogP contribution in [0.1, 0.15) is 0 Å². The third kappa shape index (κ3) is 6.68. The van der Waals surface area contributed by atoms with Gasteiger partial charge in [-0.05, 0) is 75.3 Å². The number of nitrogens with zero attached hydrogens (tertiary/aromatic N) is 5. The Labute approximate surface area is 393 Å². The lowest BCUT2D eigenvalue weighted by molar-refractivity contribution is 0.955. The van der Waals surface area contributed by atoms with Crippen LogP contribution in [-0.4, -0.2) is 24.1 Å². The molecule has 0 atom stereocenters. The van der Waals surface area contributed by atoms with E-state index < -0.39 is 0 Å². The number of aromatic nitrogens is 5. The minimum absolute atomic E-state index is 0.555. The Morgan fingerprint density at radius 3 is 1.37 bits per heavy atom. The molecule has 0 aliphatic carbocycles. The van der Waals surface area contributed by atoms with Crippen molar-refractivity contribution in [2.75, 3.05) is 0 Å². The van der Waals surface area contributed by atoms with Gasteiger partial charge in [-0.25, -0.2) is 4.98 Å². The molecule has 3 aromatic heterocycles. The minimum atomic E-state index is 0.555. The number of para-hydroxylation sites is 2. The van der Waals surface area contributed by atoms with Gasteiger partial charge >= 0.3 is 0 Å². The summed E-state index contributed by atoms with van der Waals surface area (Å²) in [7, 11) is 0. The van der Waals surface area contributed by atoms with Crippen molar-refractivity contribution in [2.45, 2.75) is 0 Å². The van der Waals surface area contributed by atoms with Gasteiger partial charge in [0, 0.05) is 38.2 Å². The van der Waals surface area contributed by atoms with E-state index in [0.717, 1.165) is 93.8 Å². The van der Waals surface area contributed by atoms with Crippen LogP contribution >= 0.6 is 0 Å². The molecule has 0 amide bonds. The number of benzene rings is 10. The summed E-state index contributed by atoms with van der Waals surface area (Å²) in [4.78, 5) is 16.0. The maximum Gasteiger partial charge on any atom is 0.238 e. The van der Waals surface area contributed by atoms with E-state index in [1.165, 1.54) is 11.1 Å². The van der Waals surface area contributed by atoms with Gasteiger partial charge in [-0.1, -0.05) is 212 Å². The molecule has 0 aliphatic heterocycles. The SMILES string of the molecule is c1ccc(-c2cccc(-c3nc(-c4ccccc4)nc(-n4c5ccccc5c5ccc6c(c7ccccc7n6-c6cc(-c7ccccc7)ccc6-c6cccc(-c7ccccc7)c6)c54)n3)c2)cc1. The van der Waals surface area contributed by atoms with E-state index in [2.05, 4.69) is 234 Å². The minimum Gasteiger partial charge on any atom is -0.309 e. The summed E-state index contributed by atoms with van der Waals surface area (Å²) in [5.41, 5.74) is 16.4. The van der Waals surface area contributed by atoms with Crippen LogP contribution in [0.25, 0.3) is 123 Å². The third-order valence-electron chi connectivity index (χ3n) is 13.2. The smallest absolute Gasteiger partial charge is 0.238 e. The molecule has 10 aromatic carbocycles. The largest absolute Gasteiger partial charge is 0.309 e. The molecular weight excluding hydrogens is 827 g/mol. The highest BCUT2D eigenvalue weighted by Gasteiger charge is 2.24. The molecule has 0 saturated heterocycles. The van der Waals surface area contributed by atoms with Crippen LogP contribution < -0.4 is 0 Å². The highest BCUT2D eigenvalue weighted by atomic mass is 15.2. The van der Waals surface area contributed by atoms with Crippen molar-refractivity contribution in [1.82, 2.24) is 24.1 Å². The fourth-order valence-electron chi connectivity index (χ4n) is 10.0. The lowest BCUT2D eigenvalue weighted by Gasteiger charge is -2.17. The van der Waals surface area contributed by atoms with Crippen molar-refractivity contribution in [3.63, 3.8) is 0 Å². The van der Waals surface area contributed by atoms with E-state index in [-0.39, 0.29) is 0 Å². The standard InChI is InChI=1S/C63H41N5/c1-5-19-42(20-6-1)46-27-17-29-49(39-46)51-36-35-48(44-23-9-3-10-24-44)41-58(51)67-56-34-16-14-32-54(56)59-57(67)38-37-53-52-31-13-15-33-55(52)68(60(53)59)63-65-61(45-25-11-4-12-26-45)64-62(66-63)50-30-18-28-47(40-50)43-21-7-2-8-22-43/h1-41H. The van der Waals surface area contributed by atoms with E-state index in [9.17, 15) is 0 Å². The zero-order valence-corrected chi connectivity index (χ0v) is 36.9. The summed E-state index contributed by atoms with van der Waals surface area (Å²) < 4.78 is 4.74. The second kappa shape index (κ2) is 16.4. The fourth-order valence-corrected chi connectivity index (χ4v) is 10.0. The van der Waals surface area contributed by atoms with Crippen molar-refractivity contribution in [1.29, 1.82) is 0 Å². The molecule has 0 saturated carbocycles. The molecule has 5 nitrogen and oxygen atoms in total. The van der Waals surface area contributed by atoms with Crippen molar-refractivity contribution in [3.8, 4) is 78.9 Å². The van der Waals surface area contributed by atoms with Crippen LogP contribution in [0.4, 0.5) is 0 Å². The highest BCUT2D eigenvalue weighted by Crippen LogP contribution is 2.44. The van der Waals surface area contributed by atoms with Gasteiger partial charge in [-0.3, -0.25) is 4.57 Å². The predicted octanol–water partition coefficient (Wildman–Crippen LogP) is 16.1. The summed E-state index contributed by atoms with van der Waals surface area (Å²) in [6.07, 6.45) is 0.